The fraction of sp³-hybridized carbons (Fsp3) is 0.278. The van der Waals surface area contributed by atoms with Crippen LogP contribution in [0.1, 0.15) is 28.4 Å². The quantitative estimate of drug-likeness (QED) is 0.833. The Morgan fingerprint density at radius 3 is 2.18 bits per heavy atom. The minimum Gasteiger partial charge on any atom is -0.489 e. The van der Waals surface area contributed by atoms with E-state index in [0.29, 0.717) is 12.2 Å². The third-order valence-electron chi connectivity index (χ3n) is 3.26. The summed E-state index contributed by atoms with van der Waals surface area (Å²) in [6, 6.07) is 15.3. The van der Waals surface area contributed by atoms with Crippen LogP contribution < -0.4 is 10.5 Å². The molecule has 0 spiro atoms. The first kappa shape index (κ1) is 16.0. The maximum Gasteiger partial charge on any atom is 0.337 e. The molecule has 2 aromatic carbocycles. The van der Waals surface area contributed by atoms with Crippen LogP contribution in [0.4, 0.5) is 0 Å². The number of esters is 1. The fourth-order valence-electron chi connectivity index (χ4n) is 2.12. The predicted octanol–water partition coefficient (Wildman–Crippen LogP) is 2.94. The van der Waals surface area contributed by atoms with Crippen molar-refractivity contribution >= 4 is 5.97 Å². The minimum absolute atomic E-state index is 0.153. The molecule has 0 radical (unpaired) electrons. The molecule has 2 rings (SSSR count). The van der Waals surface area contributed by atoms with E-state index in [4.69, 9.17) is 10.5 Å². The number of benzene rings is 2. The molecule has 0 aromatic heterocycles. The Labute approximate surface area is 130 Å². The first-order valence-corrected chi connectivity index (χ1v) is 7.23. The van der Waals surface area contributed by atoms with Crippen LogP contribution >= 0.6 is 0 Å². The van der Waals surface area contributed by atoms with Gasteiger partial charge < -0.3 is 15.2 Å². The van der Waals surface area contributed by atoms with Crippen molar-refractivity contribution in [1.29, 1.82) is 0 Å². The maximum atomic E-state index is 11.3. The Morgan fingerprint density at radius 2 is 1.64 bits per heavy atom. The lowest BCUT2D eigenvalue weighted by Gasteiger charge is -2.09. The lowest BCUT2D eigenvalue weighted by Crippen LogP contribution is -2.17. The van der Waals surface area contributed by atoms with Gasteiger partial charge in [-0.15, -0.1) is 0 Å². The normalized spacial score (nSPS) is 11.8. The van der Waals surface area contributed by atoms with E-state index in [1.165, 1.54) is 12.7 Å². The second-order valence-corrected chi connectivity index (χ2v) is 5.30. The Balaban J connectivity index is 1.91. The van der Waals surface area contributed by atoms with Gasteiger partial charge in [-0.25, -0.2) is 4.79 Å². The summed E-state index contributed by atoms with van der Waals surface area (Å²) >= 11 is 0. The largest absolute Gasteiger partial charge is 0.489 e. The summed E-state index contributed by atoms with van der Waals surface area (Å²) in [6.07, 6.45) is 0.856. The van der Waals surface area contributed by atoms with Crippen LogP contribution in [-0.4, -0.2) is 19.1 Å². The first-order valence-electron chi connectivity index (χ1n) is 7.23. The molecule has 0 bridgehead atoms. The molecule has 4 nitrogen and oxygen atoms in total. The molecule has 2 aromatic rings. The van der Waals surface area contributed by atoms with Crippen LogP contribution in [0.3, 0.4) is 0 Å². The number of rotatable bonds is 6. The predicted molar refractivity (Wildman–Crippen MR) is 85.9 cm³/mol. The van der Waals surface area contributed by atoms with Crippen LogP contribution in [-0.2, 0) is 17.8 Å². The van der Waals surface area contributed by atoms with Gasteiger partial charge in [-0.3, -0.25) is 0 Å². The van der Waals surface area contributed by atoms with Crippen molar-refractivity contribution in [3.8, 4) is 5.75 Å². The molecule has 0 aliphatic carbocycles. The zero-order chi connectivity index (χ0) is 15.9. The van der Waals surface area contributed by atoms with Crippen LogP contribution in [0, 0.1) is 0 Å². The molecule has 0 saturated carbocycles. The van der Waals surface area contributed by atoms with E-state index in [0.717, 1.165) is 17.7 Å². The third-order valence-corrected chi connectivity index (χ3v) is 3.26. The van der Waals surface area contributed by atoms with E-state index in [1.807, 2.05) is 43.3 Å². The van der Waals surface area contributed by atoms with Gasteiger partial charge in [0.05, 0.1) is 12.7 Å². The molecule has 0 saturated heterocycles. The number of ether oxygens (including phenoxy) is 2. The number of nitrogens with two attached hydrogens (primary N) is 1. The monoisotopic (exact) mass is 299 g/mol. The van der Waals surface area contributed by atoms with Gasteiger partial charge in [0.2, 0.25) is 0 Å². The van der Waals surface area contributed by atoms with E-state index in [-0.39, 0.29) is 12.0 Å². The standard InChI is InChI=1S/C18H21NO3/c1-13(19)11-14-5-9-17(10-6-14)22-12-15-3-7-16(8-4-15)18(20)21-2/h3-10,13H,11-12,19H2,1-2H3. The van der Waals surface area contributed by atoms with E-state index >= 15 is 0 Å². The van der Waals surface area contributed by atoms with Gasteiger partial charge in [-0.2, -0.15) is 0 Å². The van der Waals surface area contributed by atoms with Crippen molar-refractivity contribution in [2.24, 2.45) is 5.73 Å². The smallest absolute Gasteiger partial charge is 0.337 e. The Bertz CT molecular complexity index is 603. The maximum absolute atomic E-state index is 11.3. The van der Waals surface area contributed by atoms with Crippen LogP contribution in [0.2, 0.25) is 0 Å². The van der Waals surface area contributed by atoms with Crippen molar-refractivity contribution in [2.75, 3.05) is 7.11 Å². The molecule has 0 aliphatic heterocycles. The lowest BCUT2D eigenvalue weighted by molar-refractivity contribution is 0.0600. The van der Waals surface area contributed by atoms with Gasteiger partial charge in [-0.05, 0) is 48.7 Å². The molecule has 0 heterocycles. The number of methoxy groups -OCH3 is 1. The fourth-order valence-corrected chi connectivity index (χ4v) is 2.12. The summed E-state index contributed by atoms with van der Waals surface area (Å²) in [5.41, 5.74) is 8.50. The first-order chi connectivity index (χ1) is 10.6. The van der Waals surface area contributed by atoms with Gasteiger partial charge in [0, 0.05) is 6.04 Å². The Morgan fingerprint density at radius 1 is 1.05 bits per heavy atom. The average Bonchev–Trinajstić information content (AvgIpc) is 2.53. The topological polar surface area (TPSA) is 61.5 Å². The summed E-state index contributed by atoms with van der Waals surface area (Å²) in [7, 11) is 1.37. The van der Waals surface area contributed by atoms with Crippen molar-refractivity contribution in [2.45, 2.75) is 26.0 Å². The minimum atomic E-state index is -0.336. The highest BCUT2D eigenvalue weighted by Crippen LogP contribution is 2.15. The van der Waals surface area contributed by atoms with Gasteiger partial charge in [0.15, 0.2) is 0 Å². The molecule has 1 atom stereocenters. The second kappa shape index (κ2) is 7.61. The highest BCUT2D eigenvalue weighted by atomic mass is 16.5. The molecule has 2 N–H and O–H groups in total. The van der Waals surface area contributed by atoms with Crippen LogP contribution in [0.25, 0.3) is 0 Å². The molecular formula is C18H21NO3. The Hall–Kier alpha value is -2.33. The highest BCUT2D eigenvalue weighted by Gasteiger charge is 2.04. The van der Waals surface area contributed by atoms with E-state index in [1.54, 1.807) is 12.1 Å². The van der Waals surface area contributed by atoms with Crippen LogP contribution in [0.5, 0.6) is 5.75 Å². The number of hydrogen-bond acceptors (Lipinski definition) is 4. The van der Waals surface area contributed by atoms with Gasteiger partial charge in [-0.1, -0.05) is 24.3 Å². The molecule has 4 heteroatoms. The number of carbonyl (C=O) groups is 1. The summed E-state index contributed by atoms with van der Waals surface area (Å²) in [5, 5.41) is 0. The SMILES string of the molecule is COC(=O)c1ccc(COc2ccc(CC(C)N)cc2)cc1. The summed E-state index contributed by atoms with van der Waals surface area (Å²) < 4.78 is 10.4. The lowest BCUT2D eigenvalue weighted by atomic mass is 10.1. The second-order valence-electron chi connectivity index (χ2n) is 5.30. The molecule has 0 amide bonds. The summed E-state index contributed by atoms with van der Waals surface area (Å²) in [6.45, 7) is 2.44. The van der Waals surface area contributed by atoms with Gasteiger partial charge >= 0.3 is 5.97 Å². The van der Waals surface area contributed by atoms with Crippen molar-refractivity contribution in [1.82, 2.24) is 0 Å². The zero-order valence-corrected chi connectivity index (χ0v) is 12.9. The van der Waals surface area contributed by atoms with Crippen molar-refractivity contribution in [3.63, 3.8) is 0 Å². The molecule has 22 heavy (non-hydrogen) atoms. The van der Waals surface area contributed by atoms with E-state index < -0.39 is 0 Å². The number of hydrogen-bond donors (Lipinski definition) is 1. The van der Waals surface area contributed by atoms with Gasteiger partial charge in [0.25, 0.3) is 0 Å². The molecule has 0 fully saturated rings. The number of carbonyl (C=O) groups excluding carboxylic acids is 1. The van der Waals surface area contributed by atoms with Gasteiger partial charge in [0.1, 0.15) is 12.4 Å². The molecular weight excluding hydrogens is 278 g/mol. The van der Waals surface area contributed by atoms with Crippen LogP contribution in [0.15, 0.2) is 48.5 Å². The van der Waals surface area contributed by atoms with E-state index in [2.05, 4.69) is 4.74 Å². The molecule has 1 unspecified atom stereocenters. The van der Waals surface area contributed by atoms with E-state index in [9.17, 15) is 4.79 Å². The highest BCUT2D eigenvalue weighted by molar-refractivity contribution is 5.89. The van der Waals surface area contributed by atoms with Crippen molar-refractivity contribution in [3.05, 3.63) is 65.2 Å². The zero-order valence-electron chi connectivity index (χ0n) is 12.9. The summed E-state index contributed by atoms with van der Waals surface area (Å²) in [4.78, 5) is 11.3. The summed E-state index contributed by atoms with van der Waals surface area (Å²) in [5.74, 6) is 0.475. The molecule has 116 valence electrons. The van der Waals surface area contributed by atoms with Crippen molar-refractivity contribution < 1.29 is 14.3 Å². The Kier molecular flexibility index (Phi) is 5.55. The third kappa shape index (κ3) is 4.60. The average molecular weight is 299 g/mol. The molecule has 0 aliphatic rings.